The Morgan fingerprint density at radius 3 is 1.66 bits per heavy atom. The Balaban J connectivity index is 1.14. The average molecular weight is 802 g/mol. The molecule has 0 aliphatic heterocycles. The summed E-state index contributed by atoms with van der Waals surface area (Å²) in [6, 6.07) is 27.8. The summed E-state index contributed by atoms with van der Waals surface area (Å²) < 4.78 is 32.1. The molecule has 0 spiro atoms. The number of phenolic OH excluding ortho intramolecular Hbond substituents is 3. The highest BCUT2D eigenvalue weighted by atomic mass is 32.2. The van der Waals surface area contributed by atoms with Crippen LogP contribution in [0, 0.1) is 0 Å². The summed E-state index contributed by atoms with van der Waals surface area (Å²) in [4.78, 5) is 15.1. The summed E-state index contributed by atoms with van der Waals surface area (Å²) in [5.74, 6) is -3.53. The van der Waals surface area contributed by atoms with Gasteiger partial charge in [0.15, 0.2) is 17.2 Å². The van der Waals surface area contributed by atoms with Crippen molar-refractivity contribution in [3.05, 3.63) is 132 Å². The van der Waals surface area contributed by atoms with Crippen molar-refractivity contribution < 1.29 is 48.4 Å². The number of rotatable bonds is 12. The number of benzene rings is 6. The fraction of sp³-hybridized carbons (Fsp3) is 0. The zero-order chi connectivity index (χ0) is 41.4. The summed E-state index contributed by atoms with van der Waals surface area (Å²) in [7, 11) is -4.46. The third kappa shape index (κ3) is 9.89. The number of carboxylic acid groups (broad SMARTS) is 1. The first-order valence-corrected chi connectivity index (χ1v) is 17.8. The molecule has 0 fully saturated rings. The number of hydrogen-bond donors (Lipinski definition) is 7. The van der Waals surface area contributed by atoms with Crippen LogP contribution in [0.25, 0.3) is 0 Å². The molecule has 290 valence electrons. The lowest BCUT2D eigenvalue weighted by atomic mass is 10.2. The molecule has 0 aliphatic carbocycles. The number of aromatic hydroxyl groups is 4. The molecule has 0 heterocycles. The van der Waals surface area contributed by atoms with Gasteiger partial charge < -0.3 is 30.6 Å². The molecule has 0 saturated heterocycles. The predicted octanol–water partition coefficient (Wildman–Crippen LogP) is 10.8. The van der Waals surface area contributed by atoms with E-state index in [1.165, 1.54) is 66.7 Å². The van der Waals surface area contributed by atoms with Gasteiger partial charge in [0.05, 0.1) is 39.0 Å². The Morgan fingerprint density at radius 2 is 1.00 bits per heavy atom. The predicted molar refractivity (Wildman–Crippen MR) is 208 cm³/mol. The van der Waals surface area contributed by atoms with Crippen LogP contribution in [0.3, 0.4) is 0 Å². The Bertz CT molecular complexity index is 2790. The average Bonchev–Trinajstić information content (AvgIpc) is 3.21. The molecule has 0 aliphatic rings. The normalized spacial score (nSPS) is 12.3. The third-order valence-electron chi connectivity index (χ3n) is 7.70. The lowest BCUT2D eigenvalue weighted by Crippen LogP contribution is -1.97. The number of carboxylic acids is 1. The van der Waals surface area contributed by atoms with Crippen LogP contribution in [0.5, 0.6) is 23.0 Å². The molecule has 19 nitrogen and oxygen atoms in total. The van der Waals surface area contributed by atoms with E-state index in [4.69, 9.17) is 5.11 Å². The number of azo groups is 4. The highest BCUT2D eigenvalue weighted by Gasteiger charge is 2.14. The first kappa shape index (κ1) is 39.5. The molecular weight excluding hydrogens is 775 g/mol. The molecular formula is C38H27N9O10S. The SMILES string of the molecule is O=C(O)c1cc(N=Nc2ccc(C(O)=Nc3ccc(N=Nc4ccc(O)c(O)c4N=Nc4cc(N=Nc5cccc(S(=O)(=O)O)c5)ccc4O)cc3)cc2)ccc1O. The number of aromatic carboxylic acids is 1. The van der Waals surface area contributed by atoms with Crippen molar-refractivity contribution in [1.29, 1.82) is 0 Å². The maximum absolute atomic E-state index is 11.4. The van der Waals surface area contributed by atoms with Crippen LogP contribution in [0.2, 0.25) is 0 Å². The second-order valence-electron chi connectivity index (χ2n) is 11.8. The molecule has 6 aromatic carbocycles. The van der Waals surface area contributed by atoms with Gasteiger partial charge in [-0.2, -0.15) is 34.0 Å². The van der Waals surface area contributed by atoms with Gasteiger partial charge in [-0.25, -0.2) is 9.79 Å². The van der Waals surface area contributed by atoms with Crippen molar-refractivity contribution in [2.45, 2.75) is 4.90 Å². The van der Waals surface area contributed by atoms with Gasteiger partial charge in [-0.15, -0.1) is 15.3 Å². The van der Waals surface area contributed by atoms with Gasteiger partial charge in [0.1, 0.15) is 28.4 Å². The second-order valence-corrected chi connectivity index (χ2v) is 13.2. The maximum Gasteiger partial charge on any atom is 0.339 e. The summed E-state index contributed by atoms with van der Waals surface area (Å²) in [6.45, 7) is 0. The van der Waals surface area contributed by atoms with Gasteiger partial charge in [-0.1, -0.05) is 6.07 Å². The monoisotopic (exact) mass is 801 g/mol. The zero-order valence-corrected chi connectivity index (χ0v) is 30.2. The van der Waals surface area contributed by atoms with E-state index in [0.717, 1.165) is 6.07 Å². The van der Waals surface area contributed by atoms with Crippen LogP contribution >= 0.6 is 0 Å². The van der Waals surface area contributed by atoms with E-state index >= 15 is 0 Å². The van der Waals surface area contributed by atoms with E-state index in [9.17, 15) is 43.3 Å². The van der Waals surface area contributed by atoms with Gasteiger partial charge >= 0.3 is 5.97 Å². The van der Waals surface area contributed by atoms with E-state index in [0.29, 0.717) is 22.6 Å². The first-order valence-electron chi connectivity index (χ1n) is 16.4. The Kier molecular flexibility index (Phi) is 11.6. The minimum Gasteiger partial charge on any atom is -0.507 e. The van der Waals surface area contributed by atoms with Crippen LogP contribution < -0.4 is 0 Å². The van der Waals surface area contributed by atoms with E-state index in [1.807, 2.05) is 0 Å². The van der Waals surface area contributed by atoms with Gasteiger partial charge in [0.25, 0.3) is 10.1 Å². The van der Waals surface area contributed by atoms with Crippen LogP contribution in [-0.2, 0) is 10.1 Å². The van der Waals surface area contributed by atoms with Gasteiger partial charge in [0, 0.05) is 5.56 Å². The summed E-state index contributed by atoms with van der Waals surface area (Å²) in [6.07, 6.45) is 0. The minimum atomic E-state index is -4.46. The van der Waals surface area contributed by atoms with Crippen molar-refractivity contribution in [3.8, 4) is 23.0 Å². The number of aliphatic imine (C=N–C) groups is 1. The van der Waals surface area contributed by atoms with Crippen molar-refractivity contribution >= 4 is 73.2 Å². The molecule has 6 aromatic rings. The standard InChI is InChI=1S/C38H27N9O10S/c48-32-15-12-26(19-29(32)38(53)54)43-40-23-6-4-21(5-7-23)37(52)39-22-8-10-24(11-9-22)41-45-30-14-17-34(50)36(51)35(30)47-46-31-20-27(13-16-33(31)49)44-42-25-2-1-3-28(18-25)58(55,56)57/h1-20,48-51H,(H,39,52)(H,53,54)(H,55,56,57). The Morgan fingerprint density at radius 1 is 0.483 bits per heavy atom. The number of aliphatic hydroxyl groups excluding tert-OH is 1. The maximum atomic E-state index is 11.4. The molecule has 7 N–H and O–H groups in total. The van der Waals surface area contributed by atoms with E-state index in [2.05, 4.69) is 45.9 Å². The quantitative estimate of drug-likeness (QED) is 0.0202. The van der Waals surface area contributed by atoms with Gasteiger partial charge in [-0.05, 0) is 115 Å². The van der Waals surface area contributed by atoms with Gasteiger partial charge in [0.2, 0.25) is 5.90 Å². The molecule has 6 rings (SSSR count). The molecule has 0 unspecified atom stereocenters. The lowest BCUT2D eigenvalue weighted by Gasteiger charge is -2.05. The largest absolute Gasteiger partial charge is 0.507 e. The molecule has 0 radical (unpaired) electrons. The summed E-state index contributed by atoms with van der Waals surface area (Å²) in [5.41, 5.74) is 1.26. The Hall–Kier alpha value is -8.23. The summed E-state index contributed by atoms with van der Waals surface area (Å²) in [5, 5.41) is 92.7. The molecule has 0 amide bonds. The number of carbonyl (C=O) groups is 1. The second kappa shape index (κ2) is 17.1. The Labute approximate surface area is 327 Å². The highest BCUT2D eigenvalue weighted by molar-refractivity contribution is 7.85. The first-order chi connectivity index (χ1) is 27.7. The highest BCUT2D eigenvalue weighted by Crippen LogP contribution is 2.45. The number of hydrogen-bond acceptors (Lipinski definition) is 16. The smallest absolute Gasteiger partial charge is 0.339 e. The molecule has 20 heteroatoms. The van der Waals surface area contributed by atoms with Crippen molar-refractivity contribution in [2.24, 2.45) is 45.9 Å². The number of aliphatic hydroxyl groups is 1. The minimum absolute atomic E-state index is 0.0103. The van der Waals surface area contributed by atoms with E-state index < -0.39 is 33.3 Å². The van der Waals surface area contributed by atoms with Crippen LogP contribution in [0.15, 0.2) is 172 Å². The van der Waals surface area contributed by atoms with Crippen molar-refractivity contribution in [1.82, 2.24) is 0 Å². The van der Waals surface area contributed by atoms with Gasteiger partial charge in [-0.3, -0.25) is 4.55 Å². The number of nitrogens with zero attached hydrogens (tertiary/aromatic N) is 9. The zero-order valence-electron chi connectivity index (χ0n) is 29.3. The molecule has 0 atom stereocenters. The topological polar surface area (TPSA) is 304 Å². The summed E-state index contributed by atoms with van der Waals surface area (Å²) >= 11 is 0. The van der Waals surface area contributed by atoms with Crippen molar-refractivity contribution in [3.63, 3.8) is 0 Å². The third-order valence-corrected chi connectivity index (χ3v) is 8.55. The lowest BCUT2D eigenvalue weighted by molar-refractivity contribution is 0.0693. The fourth-order valence-electron chi connectivity index (χ4n) is 4.76. The van der Waals surface area contributed by atoms with Crippen LogP contribution in [0.4, 0.5) is 51.2 Å². The molecule has 0 aromatic heterocycles. The molecule has 58 heavy (non-hydrogen) atoms. The van der Waals surface area contributed by atoms with E-state index in [-0.39, 0.29) is 56.2 Å². The number of phenols is 4. The van der Waals surface area contributed by atoms with Crippen LogP contribution in [0.1, 0.15) is 15.9 Å². The molecule has 0 bridgehead atoms. The van der Waals surface area contributed by atoms with Crippen LogP contribution in [-0.4, -0.2) is 55.5 Å². The van der Waals surface area contributed by atoms with Crippen molar-refractivity contribution in [2.75, 3.05) is 0 Å². The fourth-order valence-corrected chi connectivity index (χ4v) is 5.28. The molecule has 0 saturated carbocycles. The van der Waals surface area contributed by atoms with E-state index in [1.54, 1.807) is 48.5 Å².